The molecule has 1 saturated heterocycles. The smallest absolute Gasteiger partial charge is 0.412 e. The van der Waals surface area contributed by atoms with Gasteiger partial charge in [0, 0.05) is 11.7 Å². The third kappa shape index (κ3) is 4.56. The summed E-state index contributed by atoms with van der Waals surface area (Å²) in [4.78, 5) is 11.6. The molecule has 0 radical (unpaired) electrons. The second kappa shape index (κ2) is 5.61. The minimum absolute atomic E-state index is 0.416. The van der Waals surface area contributed by atoms with E-state index < -0.39 is 11.7 Å². The molecule has 0 aromatic heterocycles. The van der Waals surface area contributed by atoms with Gasteiger partial charge in [-0.1, -0.05) is 12.1 Å². The highest BCUT2D eigenvalue weighted by molar-refractivity contribution is 5.84. The lowest BCUT2D eigenvalue weighted by Gasteiger charge is -2.27. The lowest BCUT2D eigenvalue weighted by atomic mass is 9.98. The molecule has 0 spiro atoms. The van der Waals surface area contributed by atoms with Crippen LogP contribution in [0.2, 0.25) is 0 Å². The van der Waals surface area contributed by atoms with Crippen LogP contribution in [-0.2, 0) is 11.2 Å². The van der Waals surface area contributed by atoms with Gasteiger partial charge in [0.05, 0.1) is 0 Å². The van der Waals surface area contributed by atoms with Crippen LogP contribution >= 0.6 is 0 Å². The van der Waals surface area contributed by atoms with E-state index >= 15 is 0 Å². The van der Waals surface area contributed by atoms with Crippen LogP contribution in [0.15, 0.2) is 24.3 Å². The molecular weight excluding hydrogens is 240 g/mol. The second-order valence-electron chi connectivity index (χ2n) is 5.97. The highest BCUT2D eigenvalue weighted by Gasteiger charge is 2.17. The maximum Gasteiger partial charge on any atom is 0.412 e. The monoisotopic (exact) mass is 262 g/mol. The van der Waals surface area contributed by atoms with Crippen molar-refractivity contribution in [1.29, 1.82) is 0 Å². The first kappa shape index (κ1) is 13.9. The summed E-state index contributed by atoms with van der Waals surface area (Å²) in [6, 6.07) is 8.54. The molecule has 0 saturated carbocycles. The molecule has 1 aliphatic rings. The van der Waals surface area contributed by atoms with Gasteiger partial charge in [-0.15, -0.1) is 0 Å². The van der Waals surface area contributed by atoms with E-state index in [1.165, 1.54) is 12.0 Å². The number of rotatable bonds is 3. The summed E-state index contributed by atoms with van der Waals surface area (Å²) in [5.41, 5.74) is 1.58. The highest BCUT2D eigenvalue weighted by atomic mass is 16.6. The van der Waals surface area contributed by atoms with E-state index in [0.29, 0.717) is 6.04 Å². The average molecular weight is 262 g/mol. The topological polar surface area (TPSA) is 50.4 Å². The third-order valence-electron chi connectivity index (χ3n) is 3.01. The summed E-state index contributed by atoms with van der Waals surface area (Å²) in [5.74, 6) is 0. The zero-order chi connectivity index (χ0) is 13.9. The second-order valence-corrected chi connectivity index (χ2v) is 5.97. The normalized spacial score (nSPS) is 18.6. The van der Waals surface area contributed by atoms with Gasteiger partial charge in [-0.25, -0.2) is 4.79 Å². The van der Waals surface area contributed by atoms with Crippen LogP contribution in [0.25, 0.3) is 0 Å². The van der Waals surface area contributed by atoms with Gasteiger partial charge in [-0.05, 0) is 57.9 Å². The maximum absolute atomic E-state index is 11.6. The summed E-state index contributed by atoms with van der Waals surface area (Å²) in [5, 5.41) is 6.11. The number of nitrogens with one attached hydrogen (secondary N) is 2. The zero-order valence-electron chi connectivity index (χ0n) is 11.8. The molecule has 0 aliphatic carbocycles. The third-order valence-corrected chi connectivity index (χ3v) is 3.01. The van der Waals surface area contributed by atoms with Crippen molar-refractivity contribution < 1.29 is 9.53 Å². The van der Waals surface area contributed by atoms with Crippen LogP contribution in [0.4, 0.5) is 10.5 Å². The van der Waals surface area contributed by atoms with Crippen LogP contribution in [0, 0.1) is 0 Å². The van der Waals surface area contributed by atoms with E-state index in [1.54, 1.807) is 0 Å². The van der Waals surface area contributed by atoms with Crippen molar-refractivity contribution in [2.45, 2.75) is 45.3 Å². The van der Waals surface area contributed by atoms with Crippen molar-refractivity contribution >= 4 is 11.8 Å². The fourth-order valence-electron chi connectivity index (χ4n) is 1.95. The minimum Gasteiger partial charge on any atom is -0.444 e. The quantitative estimate of drug-likeness (QED) is 0.880. The van der Waals surface area contributed by atoms with E-state index in [4.69, 9.17) is 4.74 Å². The van der Waals surface area contributed by atoms with Crippen LogP contribution in [0.5, 0.6) is 0 Å². The number of hydrogen-bond acceptors (Lipinski definition) is 3. The molecule has 1 aromatic rings. The minimum atomic E-state index is -0.472. The van der Waals surface area contributed by atoms with E-state index in [1.807, 2.05) is 45.0 Å². The summed E-state index contributed by atoms with van der Waals surface area (Å²) >= 11 is 0. The Morgan fingerprint density at radius 1 is 1.37 bits per heavy atom. The number of benzene rings is 1. The molecule has 2 rings (SSSR count). The van der Waals surface area contributed by atoms with Gasteiger partial charge in [-0.3, -0.25) is 5.32 Å². The van der Waals surface area contributed by atoms with Crippen LogP contribution in [-0.4, -0.2) is 24.3 Å². The molecule has 2 N–H and O–H groups in total. The average Bonchev–Trinajstić information content (AvgIpc) is 2.23. The molecule has 1 atom stereocenters. The molecule has 4 nitrogen and oxygen atoms in total. The van der Waals surface area contributed by atoms with Crippen LogP contribution < -0.4 is 10.6 Å². The summed E-state index contributed by atoms with van der Waals surface area (Å²) in [6.07, 6.45) is 1.88. The molecule has 1 unspecified atom stereocenters. The van der Waals surface area contributed by atoms with Crippen molar-refractivity contribution in [3.05, 3.63) is 29.8 Å². The van der Waals surface area contributed by atoms with E-state index in [9.17, 15) is 4.79 Å². The summed E-state index contributed by atoms with van der Waals surface area (Å²) in [7, 11) is 0. The Kier molecular flexibility index (Phi) is 4.10. The van der Waals surface area contributed by atoms with Crippen molar-refractivity contribution in [2.75, 3.05) is 11.9 Å². The first-order valence-electron chi connectivity index (χ1n) is 6.75. The van der Waals surface area contributed by atoms with Crippen molar-refractivity contribution in [3.8, 4) is 0 Å². The Hall–Kier alpha value is -1.55. The predicted octanol–water partition coefficient (Wildman–Crippen LogP) is 2.94. The first-order chi connectivity index (χ1) is 8.92. The molecule has 1 aliphatic heterocycles. The number of carbonyl (C=O) groups excluding carboxylic acids is 1. The summed E-state index contributed by atoms with van der Waals surface area (Å²) in [6.45, 7) is 6.67. The van der Waals surface area contributed by atoms with Gasteiger partial charge in [-0.2, -0.15) is 0 Å². The first-order valence-corrected chi connectivity index (χ1v) is 6.75. The maximum atomic E-state index is 11.6. The Bertz CT molecular complexity index is 430. The largest absolute Gasteiger partial charge is 0.444 e. The Labute approximate surface area is 114 Å². The number of amides is 1. The molecule has 1 heterocycles. The Morgan fingerprint density at radius 3 is 2.47 bits per heavy atom. The van der Waals surface area contributed by atoms with Gasteiger partial charge in [0.25, 0.3) is 0 Å². The van der Waals surface area contributed by atoms with E-state index in [0.717, 1.165) is 18.7 Å². The fourth-order valence-corrected chi connectivity index (χ4v) is 1.95. The number of hydrogen-bond donors (Lipinski definition) is 2. The van der Waals surface area contributed by atoms with Gasteiger partial charge < -0.3 is 10.1 Å². The van der Waals surface area contributed by atoms with Gasteiger partial charge in [0.2, 0.25) is 0 Å². The summed E-state index contributed by atoms with van der Waals surface area (Å²) < 4.78 is 5.20. The molecule has 104 valence electrons. The van der Waals surface area contributed by atoms with Crippen molar-refractivity contribution in [1.82, 2.24) is 5.32 Å². The molecule has 1 amide bonds. The fraction of sp³-hybridized carbons (Fsp3) is 0.533. The lowest BCUT2D eigenvalue weighted by Crippen LogP contribution is -2.44. The molecule has 19 heavy (non-hydrogen) atoms. The molecule has 0 bridgehead atoms. The number of ether oxygens (including phenoxy) is 1. The van der Waals surface area contributed by atoms with Gasteiger partial charge >= 0.3 is 6.09 Å². The SMILES string of the molecule is CC(C)(C)OC(=O)Nc1ccc(CC2CCN2)cc1. The molecule has 1 fully saturated rings. The lowest BCUT2D eigenvalue weighted by molar-refractivity contribution is 0.0636. The zero-order valence-corrected chi connectivity index (χ0v) is 11.8. The van der Waals surface area contributed by atoms with Gasteiger partial charge in [0.1, 0.15) is 5.60 Å². The standard InChI is InChI=1S/C15H22N2O2/c1-15(2,3)19-14(18)17-12-6-4-11(5-7-12)10-13-8-9-16-13/h4-7,13,16H,8-10H2,1-3H3,(H,17,18). The molecular formula is C15H22N2O2. The predicted molar refractivity (Wildman–Crippen MR) is 76.4 cm³/mol. The Morgan fingerprint density at radius 2 is 2.00 bits per heavy atom. The molecule has 4 heteroatoms. The van der Waals surface area contributed by atoms with E-state index in [2.05, 4.69) is 10.6 Å². The number of anilines is 1. The highest BCUT2D eigenvalue weighted by Crippen LogP contribution is 2.15. The van der Waals surface area contributed by atoms with Crippen molar-refractivity contribution in [2.24, 2.45) is 0 Å². The van der Waals surface area contributed by atoms with Gasteiger partial charge in [0.15, 0.2) is 0 Å². The number of carbonyl (C=O) groups is 1. The Balaban J connectivity index is 1.85. The van der Waals surface area contributed by atoms with Crippen molar-refractivity contribution in [3.63, 3.8) is 0 Å². The molecule has 1 aromatic carbocycles. The van der Waals surface area contributed by atoms with Crippen LogP contribution in [0.1, 0.15) is 32.8 Å². The van der Waals surface area contributed by atoms with E-state index in [-0.39, 0.29) is 0 Å². The van der Waals surface area contributed by atoms with Crippen LogP contribution in [0.3, 0.4) is 0 Å².